The number of carbonyl (C=O) groups excluding carboxylic acids is 1. The summed E-state index contributed by atoms with van der Waals surface area (Å²) in [5.74, 6) is -6.89. The monoisotopic (exact) mass is 289 g/mol. The average Bonchev–Trinajstić information content (AvgIpc) is 2.33. The van der Waals surface area contributed by atoms with Crippen LogP contribution in [0.3, 0.4) is 0 Å². The van der Waals surface area contributed by atoms with Crippen molar-refractivity contribution in [1.29, 1.82) is 0 Å². The van der Waals surface area contributed by atoms with E-state index in [2.05, 4.69) is 0 Å². The zero-order chi connectivity index (χ0) is 15.4. The van der Waals surface area contributed by atoms with E-state index in [0.717, 1.165) is 0 Å². The predicted molar refractivity (Wildman–Crippen MR) is 64.7 cm³/mol. The Morgan fingerprint density at radius 3 is 2.15 bits per heavy atom. The van der Waals surface area contributed by atoms with Gasteiger partial charge in [0.15, 0.2) is 0 Å². The molecule has 0 aliphatic carbocycles. The van der Waals surface area contributed by atoms with E-state index in [1.165, 1.54) is 0 Å². The Kier molecular flexibility index (Phi) is 5.12. The number of aliphatic carboxylic acids is 1. The second kappa shape index (κ2) is 6.40. The van der Waals surface area contributed by atoms with Crippen molar-refractivity contribution in [2.45, 2.75) is 26.3 Å². The van der Waals surface area contributed by atoms with E-state index in [1.807, 2.05) is 5.32 Å². The summed E-state index contributed by atoms with van der Waals surface area (Å²) in [5.41, 5.74) is -0.999. The summed E-state index contributed by atoms with van der Waals surface area (Å²) in [6, 6.07) is -0.565. The first kappa shape index (κ1) is 16.0. The maximum absolute atomic E-state index is 13.4. The fourth-order valence-corrected chi connectivity index (χ4v) is 1.66. The van der Waals surface area contributed by atoms with Gasteiger partial charge in [0, 0.05) is 12.1 Å². The van der Waals surface area contributed by atoms with Crippen molar-refractivity contribution in [3.05, 3.63) is 35.1 Å². The number of halogens is 3. The molecule has 1 aromatic carbocycles. The van der Waals surface area contributed by atoms with Crippen molar-refractivity contribution in [2.24, 2.45) is 5.92 Å². The van der Waals surface area contributed by atoms with E-state index in [0.29, 0.717) is 18.6 Å². The van der Waals surface area contributed by atoms with Gasteiger partial charge in [-0.3, -0.25) is 4.79 Å². The molecule has 2 N–H and O–H groups in total. The molecule has 0 radical (unpaired) electrons. The zero-order valence-corrected chi connectivity index (χ0v) is 10.9. The Morgan fingerprint density at radius 2 is 1.75 bits per heavy atom. The molecule has 1 rings (SSSR count). The molecule has 20 heavy (non-hydrogen) atoms. The molecule has 7 heteroatoms. The van der Waals surface area contributed by atoms with Crippen LogP contribution in [0.15, 0.2) is 12.1 Å². The number of amides is 1. The van der Waals surface area contributed by atoms with Crippen LogP contribution in [0, 0.1) is 23.4 Å². The van der Waals surface area contributed by atoms with E-state index in [-0.39, 0.29) is 0 Å². The number of hydrogen-bond donors (Lipinski definition) is 2. The van der Waals surface area contributed by atoms with E-state index in [9.17, 15) is 22.8 Å². The molecule has 1 aromatic rings. The van der Waals surface area contributed by atoms with E-state index in [1.54, 1.807) is 13.8 Å². The lowest BCUT2D eigenvalue weighted by atomic mass is 9.99. The van der Waals surface area contributed by atoms with Gasteiger partial charge in [0.1, 0.15) is 29.1 Å². The maximum Gasteiger partial charge on any atom is 0.326 e. The smallest absolute Gasteiger partial charge is 0.326 e. The number of rotatable bonds is 5. The quantitative estimate of drug-likeness (QED) is 0.874. The topological polar surface area (TPSA) is 66.4 Å². The van der Waals surface area contributed by atoms with Crippen LogP contribution in [0.2, 0.25) is 0 Å². The van der Waals surface area contributed by atoms with Crippen LogP contribution in [0.5, 0.6) is 0 Å². The Morgan fingerprint density at radius 1 is 1.25 bits per heavy atom. The molecule has 0 fully saturated rings. The van der Waals surface area contributed by atoms with Crippen LogP contribution in [0.25, 0.3) is 0 Å². The lowest BCUT2D eigenvalue weighted by molar-refractivity contribution is -0.140. The fraction of sp³-hybridized carbons (Fsp3) is 0.385. The Balaban J connectivity index is 3.04. The van der Waals surface area contributed by atoms with Gasteiger partial charge in [0.25, 0.3) is 5.91 Å². The Hall–Kier alpha value is -2.05. The first-order valence-electron chi connectivity index (χ1n) is 5.96. The lowest BCUT2D eigenvalue weighted by Crippen LogP contribution is -2.45. The maximum atomic E-state index is 13.4. The van der Waals surface area contributed by atoms with Crippen molar-refractivity contribution in [1.82, 2.24) is 5.32 Å². The third-order valence-electron chi connectivity index (χ3n) is 3.00. The summed E-state index contributed by atoms with van der Waals surface area (Å²) in [5, 5.41) is 11.0. The molecule has 4 nitrogen and oxygen atoms in total. The molecule has 0 heterocycles. The highest BCUT2D eigenvalue weighted by Crippen LogP contribution is 2.16. The van der Waals surface area contributed by atoms with Gasteiger partial charge < -0.3 is 10.4 Å². The SMILES string of the molecule is CC[C@@H](C)[C@H](NC(=O)c1c(F)cc(F)cc1F)C(=O)O. The second-order valence-electron chi connectivity index (χ2n) is 4.42. The Bertz CT molecular complexity index is 511. The van der Waals surface area contributed by atoms with Crippen molar-refractivity contribution in [3.63, 3.8) is 0 Å². The number of nitrogens with one attached hydrogen (secondary N) is 1. The van der Waals surface area contributed by atoms with E-state index < -0.39 is 46.9 Å². The minimum Gasteiger partial charge on any atom is -0.480 e. The molecule has 0 aromatic heterocycles. The minimum atomic E-state index is -1.38. The summed E-state index contributed by atoms with van der Waals surface area (Å²) in [6.07, 6.45) is 0.450. The highest BCUT2D eigenvalue weighted by molar-refractivity contribution is 5.97. The number of carboxylic acids is 1. The molecule has 2 atom stereocenters. The van der Waals surface area contributed by atoms with Crippen LogP contribution in [0.4, 0.5) is 13.2 Å². The molecule has 0 saturated carbocycles. The number of benzene rings is 1. The summed E-state index contributed by atoms with van der Waals surface area (Å²) < 4.78 is 39.6. The first-order valence-corrected chi connectivity index (χ1v) is 5.96. The molecule has 0 spiro atoms. The average molecular weight is 289 g/mol. The van der Waals surface area contributed by atoms with E-state index in [4.69, 9.17) is 5.11 Å². The van der Waals surface area contributed by atoms with Crippen LogP contribution >= 0.6 is 0 Å². The molecular formula is C13H14F3NO3. The summed E-state index contributed by atoms with van der Waals surface area (Å²) in [6.45, 7) is 3.29. The minimum absolute atomic E-state index is 0.358. The number of hydrogen-bond acceptors (Lipinski definition) is 2. The number of carboxylic acid groups (broad SMARTS) is 1. The van der Waals surface area contributed by atoms with Gasteiger partial charge in [-0.15, -0.1) is 0 Å². The molecule has 110 valence electrons. The third-order valence-corrected chi connectivity index (χ3v) is 3.00. The molecule has 0 aliphatic heterocycles. The van der Waals surface area contributed by atoms with Crippen molar-refractivity contribution in [2.75, 3.05) is 0 Å². The molecule has 0 aliphatic rings. The highest BCUT2D eigenvalue weighted by atomic mass is 19.1. The normalized spacial score (nSPS) is 13.7. The highest BCUT2D eigenvalue weighted by Gasteiger charge is 2.28. The predicted octanol–water partition coefficient (Wildman–Crippen LogP) is 2.33. The number of carbonyl (C=O) groups is 2. The Labute approximate surface area is 113 Å². The molecule has 0 bridgehead atoms. The largest absolute Gasteiger partial charge is 0.480 e. The van der Waals surface area contributed by atoms with Crippen LogP contribution < -0.4 is 5.32 Å². The van der Waals surface area contributed by atoms with Gasteiger partial charge in [-0.25, -0.2) is 18.0 Å². The van der Waals surface area contributed by atoms with Crippen LogP contribution in [-0.4, -0.2) is 23.0 Å². The molecular weight excluding hydrogens is 275 g/mol. The molecule has 0 saturated heterocycles. The van der Waals surface area contributed by atoms with Gasteiger partial charge in [-0.05, 0) is 5.92 Å². The lowest BCUT2D eigenvalue weighted by Gasteiger charge is -2.20. The van der Waals surface area contributed by atoms with E-state index >= 15 is 0 Å². The standard InChI is InChI=1S/C13H14F3NO3/c1-3-6(2)11(13(19)20)17-12(18)10-8(15)4-7(14)5-9(10)16/h4-6,11H,3H2,1-2H3,(H,17,18)(H,19,20)/t6-,11+/m1/s1. The van der Waals surface area contributed by atoms with Gasteiger partial charge in [0.2, 0.25) is 0 Å². The van der Waals surface area contributed by atoms with Gasteiger partial charge in [0.05, 0.1) is 0 Å². The van der Waals surface area contributed by atoms with Gasteiger partial charge >= 0.3 is 5.97 Å². The zero-order valence-electron chi connectivity index (χ0n) is 10.9. The fourth-order valence-electron chi connectivity index (χ4n) is 1.66. The van der Waals surface area contributed by atoms with Crippen molar-refractivity contribution < 1.29 is 27.9 Å². The first-order chi connectivity index (χ1) is 9.27. The summed E-state index contributed by atoms with van der Waals surface area (Å²) in [4.78, 5) is 22.8. The third kappa shape index (κ3) is 3.49. The molecule has 1 amide bonds. The van der Waals surface area contributed by atoms with Gasteiger partial charge in [-0.2, -0.15) is 0 Å². The summed E-state index contributed by atoms with van der Waals surface area (Å²) in [7, 11) is 0. The van der Waals surface area contributed by atoms with Crippen molar-refractivity contribution >= 4 is 11.9 Å². The van der Waals surface area contributed by atoms with Crippen LogP contribution in [0.1, 0.15) is 30.6 Å². The van der Waals surface area contributed by atoms with Crippen LogP contribution in [-0.2, 0) is 4.79 Å². The summed E-state index contributed by atoms with van der Waals surface area (Å²) >= 11 is 0. The van der Waals surface area contributed by atoms with Gasteiger partial charge in [-0.1, -0.05) is 20.3 Å². The second-order valence-corrected chi connectivity index (χ2v) is 4.42. The van der Waals surface area contributed by atoms with Crippen molar-refractivity contribution in [3.8, 4) is 0 Å². The molecule has 0 unspecified atom stereocenters.